The molecule has 1 nitrogen and oxygen atoms in total. The van der Waals surface area contributed by atoms with E-state index in [0.717, 1.165) is 6.42 Å². The van der Waals surface area contributed by atoms with Crippen molar-refractivity contribution in [2.45, 2.75) is 47.5 Å². The Labute approximate surface area is 70.2 Å². The third-order valence-electron chi connectivity index (χ3n) is 1.87. The molecule has 1 atom stereocenters. The van der Waals surface area contributed by atoms with Crippen LogP contribution in [-0.4, -0.2) is 5.78 Å². The summed E-state index contributed by atoms with van der Waals surface area (Å²) in [7, 11) is 0. The molecule has 0 bridgehead atoms. The lowest BCUT2D eigenvalue weighted by Crippen LogP contribution is -2.18. The topological polar surface area (TPSA) is 17.1 Å². The first kappa shape index (κ1) is 10.7. The highest BCUT2D eigenvalue weighted by Gasteiger charge is 2.19. The molecule has 0 fully saturated rings. The van der Waals surface area contributed by atoms with Gasteiger partial charge in [-0.2, -0.15) is 0 Å². The minimum absolute atomic E-state index is 0.153. The van der Waals surface area contributed by atoms with Crippen LogP contribution in [0.25, 0.3) is 0 Å². The number of carbonyl (C=O) groups is 1. The van der Waals surface area contributed by atoms with Crippen molar-refractivity contribution in [3.05, 3.63) is 0 Å². The van der Waals surface area contributed by atoms with Crippen molar-refractivity contribution < 1.29 is 4.79 Å². The van der Waals surface area contributed by atoms with Gasteiger partial charge >= 0.3 is 0 Å². The maximum atomic E-state index is 11.4. The Morgan fingerprint density at radius 1 is 1.36 bits per heavy atom. The molecule has 0 saturated carbocycles. The molecule has 0 radical (unpaired) electrons. The molecule has 0 aromatic rings. The highest BCUT2D eigenvalue weighted by atomic mass is 16.1. The molecule has 0 aliphatic rings. The van der Waals surface area contributed by atoms with Crippen molar-refractivity contribution in [2.75, 3.05) is 0 Å². The second kappa shape index (κ2) is 3.89. The number of Topliss-reactive ketones (excluding diaryl/α,β-unsaturated/α-hetero) is 1. The third-order valence-corrected chi connectivity index (χ3v) is 1.87. The zero-order valence-electron chi connectivity index (χ0n) is 8.40. The van der Waals surface area contributed by atoms with Crippen LogP contribution in [0, 0.1) is 11.3 Å². The molecule has 0 aliphatic heterocycles. The quantitative estimate of drug-likeness (QED) is 0.614. The normalized spacial score (nSPS) is 14.6. The van der Waals surface area contributed by atoms with Crippen LogP contribution in [0.15, 0.2) is 0 Å². The Morgan fingerprint density at radius 3 is 2.09 bits per heavy atom. The van der Waals surface area contributed by atoms with Gasteiger partial charge in [0.2, 0.25) is 0 Å². The fourth-order valence-electron chi connectivity index (χ4n) is 0.925. The molecule has 0 spiro atoms. The number of rotatable bonds is 3. The highest BCUT2D eigenvalue weighted by Crippen LogP contribution is 2.21. The Morgan fingerprint density at radius 2 is 1.82 bits per heavy atom. The van der Waals surface area contributed by atoms with E-state index < -0.39 is 0 Å². The Bertz CT molecular complexity index is 130. The van der Waals surface area contributed by atoms with Crippen LogP contribution in [0.4, 0.5) is 0 Å². The number of hydrogen-bond donors (Lipinski definition) is 0. The van der Waals surface area contributed by atoms with Crippen molar-refractivity contribution >= 4 is 5.78 Å². The molecule has 0 saturated heterocycles. The smallest absolute Gasteiger partial charge is 0.136 e. The molecule has 11 heavy (non-hydrogen) atoms. The zero-order chi connectivity index (χ0) is 9.07. The lowest BCUT2D eigenvalue weighted by atomic mass is 9.85. The molecule has 0 aliphatic carbocycles. The van der Waals surface area contributed by atoms with Gasteiger partial charge in [0, 0.05) is 12.3 Å². The first-order valence-corrected chi connectivity index (χ1v) is 4.39. The van der Waals surface area contributed by atoms with Crippen LogP contribution in [-0.2, 0) is 4.79 Å². The molecule has 1 heteroatoms. The summed E-state index contributed by atoms with van der Waals surface area (Å²) < 4.78 is 0. The van der Waals surface area contributed by atoms with Crippen molar-refractivity contribution in [2.24, 2.45) is 11.3 Å². The number of carbonyl (C=O) groups excluding carboxylic acids is 1. The molecule has 0 rings (SSSR count). The van der Waals surface area contributed by atoms with Gasteiger partial charge in [-0.15, -0.1) is 0 Å². The summed E-state index contributed by atoms with van der Waals surface area (Å²) >= 11 is 0. The van der Waals surface area contributed by atoms with Crippen molar-refractivity contribution in [1.82, 2.24) is 0 Å². The molecular weight excluding hydrogens is 136 g/mol. The fraction of sp³-hybridized carbons (Fsp3) is 0.900. The van der Waals surface area contributed by atoms with Crippen molar-refractivity contribution in [3.8, 4) is 0 Å². The highest BCUT2D eigenvalue weighted by molar-refractivity contribution is 5.81. The van der Waals surface area contributed by atoms with Gasteiger partial charge in [0.15, 0.2) is 0 Å². The first-order valence-electron chi connectivity index (χ1n) is 4.39. The van der Waals surface area contributed by atoms with E-state index in [1.54, 1.807) is 0 Å². The minimum Gasteiger partial charge on any atom is -0.299 e. The predicted octanol–water partition coefficient (Wildman–Crippen LogP) is 3.04. The lowest BCUT2D eigenvalue weighted by Gasteiger charge is -2.18. The van der Waals surface area contributed by atoms with Gasteiger partial charge in [-0.1, -0.05) is 34.6 Å². The van der Waals surface area contributed by atoms with Gasteiger partial charge in [-0.05, 0) is 11.8 Å². The van der Waals surface area contributed by atoms with Crippen LogP contribution in [0.1, 0.15) is 47.5 Å². The Hall–Kier alpha value is -0.330. The van der Waals surface area contributed by atoms with Crippen LogP contribution in [0.5, 0.6) is 0 Å². The third kappa shape index (κ3) is 5.00. The van der Waals surface area contributed by atoms with E-state index in [4.69, 9.17) is 0 Å². The van der Waals surface area contributed by atoms with Gasteiger partial charge < -0.3 is 0 Å². The fourth-order valence-corrected chi connectivity index (χ4v) is 0.925. The van der Waals surface area contributed by atoms with Gasteiger partial charge in [-0.25, -0.2) is 0 Å². The Kier molecular flexibility index (Phi) is 3.77. The predicted molar refractivity (Wildman–Crippen MR) is 48.5 cm³/mol. The second-order valence-corrected chi connectivity index (χ2v) is 4.51. The summed E-state index contributed by atoms with van der Waals surface area (Å²) in [5.41, 5.74) is 0.153. The van der Waals surface area contributed by atoms with E-state index in [1.807, 2.05) is 6.92 Å². The minimum atomic E-state index is 0.153. The van der Waals surface area contributed by atoms with E-state index in [2.05, 4.69) is 27.7 Å². The molecule has 1 unspecified atom stereocenters. The van der Waals surface area contributed by atoms with Gasteiger partial charge in [0.05, 0.1) is 0 Å². The molecule has 66 valence electrons. The SMILES string of the molecule is CCC(C)C(=O)CC(C)(C)C. The standard InChI is InChI=1S/C10H20O/c1-6-8(2)9(11)7-10(3,4)5/h8H,6-7H2,1-5H3. The summed E-state index contributed by atoms with van der Waals surface area (Å²) in [6, 6.07) is 0. The molecule has 0 heterocycles. The molecule has 0 aromatic carbocycles. The average Bonchev–Trinajstić information content (AvgIpc) is 1.82. The first-order chi connectivity index (χ1) is 4.87. The van der Waals surface area contributed by atoms with E-state index in [9.17, 15) is 4.79 Å². The summed E-state index contributed by atoms with van der Waals surface area (Å²) in [6.07, 6.45) is 1.68. The molecule has 0 amide bonds. The van der Waals surface area contributed by atoms with Crippen LogP contribution < -0.4 is 0 Å². The molecule has 0 aromatic heterocycles. The van der Waals surface area contributed by atoms with E-state index >= 15 is 0 Å². The van der Waals surface area contributed by atoms with Crippen LogP contribution >= 0.6 is 0 Å². The van der Waals surface area contributed by atoms with E-state index in [0.29, 0.717) is 12.2 Å². The summed E-state index contributed by atoms with van der Waals surface area (Å²) in [5.74, 6) is 0.647. The van der Waals surface area contributed by atoms with Gasteiger partial charge in [0.25, 0.3) is 0 Å². The summed E-state index contributed by atoms with van der Waals surface area (Å²) in [4.78, 5) is 11.4. The van der Waals surface area contributed by atoms with Gasteiger partial charge in [-0.3, -0.25) is 4.79 Å². The number of ketones is 1. The maximum absolute atomic E-state index is 11.4. The largest absolute Gasteiger partial charge is 0.299 e. The van der Waals surface area contributed by atoms with E-state index in [-0.39, 0.29) is 11.3 Å². The molecule has 0 N–H and O–H groups in total. The van der Waals surface area contributed by atoms with Crippen LogP contribution in [0.3, 0.4) is 0 Å². The maximum Gasteiger partial charge on any atom is 0.136 e. The van der Waals surface area contributed by atoms with Gasteiger partial charge in [0.1, 0.15) is 5.78 Å². The molecular formula is C10H20O. The monoisotopic (exact) mass is 156 g/mol. The van der Waals surface area contributed by atoms with Crippen molar-refractivity contribution in [3.63, 3.8) is 0 Å². The van der Waals surface area contributed by atoms with Crippen LogP contribution in [0.2, 0.25) is 0 Å². The Balaban J connectivity index is 3.88. The lowest BCUT2D eigenvalue weighted by molar-refractivity contribution is -0.124. The average molecular weight is 156 g/mol. The summed E-state index contributed by atoms with van der Waals surface area (Å²) in [5, 5.41) is 0. The van der Waals surface area contributed by atoms with Crippen molar-refractivity contribution in [1.29, 1.82) is 0 Å². The second-order valence-electron chi connectivity index (χ2n) is 4.51. The number of hydrogen-bond acceptors (Lipinski definition) is 1. The summed E-state index contributed by atoms with van der Waals surface area (Å²) in [6.45, 7) is 10.4. The van der Waals surface area contributed by atoms with E-state index in [1.165, 1.54) is 0 Å². The zero-order valence-corrected chi connectivity index (χ0v) is 8.40.